The Labute approximate surface area is 191 Å². The number of anilines is 2. The number of aromatic nitrogens is 3. The van der Waals surface area contributed by atoms with Gasteiger partial charge in [-0.15, -0.1) is 0 Å². The highest BCUT2D eigenvalue weighted by Gasteiger charge is 2.30. The van der Waals surface area contributed by atoms with Gasteiger partial charge in [-0.1, -0.05) is 17.3 Å². The summed E-state index contributed by atoms with van der Waals surface area (Å²) in [7, 11) is 1.46. The molecule has 0 aliphatic carbocycles. The fourth-order valence-electron chi connectivity index (χ4n) is 3.82. The molecule has 2 N–H and O–H groups in total. The molecular weight excluding hydrogens is 424 g/mol. The van der Waals surface area contributed by atoms with E-state index in [0.29, 0.717) is 23.1 Å². The number of methoxy groups -OCH3 is 1. The first-order valence-corrected chi connectivity index (χ1v) is 10.7. The number of likely N-dealkylation sites (tertiary alicyclic amines) is 1. The number of hydrogen-bond donors (Lipinski definition) is 2. The van der Waals surface area contributed by atoms with Crippen LogP contribution in [0.15, 0.2) is 47.1 Å². The first-order valence-electron chi connectivity index (χ1n) is 10.7. The van der Waals surface area contributed by atoms with E-state index < -0.39 is 0 Å². The minimum absolute atomic E-state index is 0.0328. The topological polar surface area (TPSA) is 122 Å². The SMILES string of the molecule is COCC(=O)Nc1ccc(-c2noc([C@@H]3CCCN3Cc3ccc(NC(C)=O)cc3)n2)cn1. The molecule has 172 valence electrons. The van der Waals surface area contributed by atoms with Crippen LogP contribution >= 0.6 is 0 Å². The Hall–Kier alpha value is -3.63. The second kappa shape index (κ2) is 10.3. The summed E-state index contributed by atoms with van der Waals surface area (Å²) in [6.07, 6.45) is 3.58. The van der Waals surface area contributed by atoms with Gasteiger partial charge in [-0.2, -0.15) is 4.98 Å². The molecule has 4 rings (SSSR count). The fourth-order valence-corrected chi connectivity index (χ4v) is 3.82. The zero-order valence-corrected chi connectivity index (χ0v) is 18.6. The van der Waals surface area contributed by atoms with Gasteiger partial charge in [-0.25, -0.2) is 4.98 Å². The van der Waals surface area contributed by atoms with Gasteiger partial charge in [-0.05, 0) is 49.2 Å². The summed E-state index contributed by atoms with van der Waals surface area (Å²) in [6, 6.07) is 11.3. The van der Waals surface area contributed by atoms with E-state index in [1.807, 2.05) is 24.3 Å². The summed E-state index contributed by atoms with van der Waals surface area (Å²) in [5, 5.41) is 9.56. The Balaban J connectivity index is 1.41. The highest BCUT2D eigenvalue weighted by molar-refractivity contribution is 5.90. The first kappa shape index (κ1) is 22.6. The third kappa shape index (κ3) is 5.79. The number of carbonyl (C=O) groups is 2. The minimum Gasteiger partial charge on any atom is -0.375 e. The van der Waals surface area contributed by atoms with Crippen molar-refractivity contribution in [2.45, 2.75) is 32.4 Å². The van der Waals surface area contributed by atoms with Gasteiger partial charge in [0.2, 0.25) is 17.6 Å². The van der Waals surface area contributed by atoms with Crippen molar-refractivity contribution in [2.24, 2.45) is 0 Å². The zero-order chi connectivity index (χ0) is 23.2. The van der Waals surface area contributed by atoms with E-state index >= 15 is 0 Å². The molecule has 1 fully saturated rings. The van der Waals surface area contributed by atoms with Crippen LogP contribution < -0.4 is 10.6 Å². The Morgan fingerprint density at radius 3 is 2.70 bits per heavy atom. The average molecular weight is 450 g/mol. The summed E-state index contributed by atoms with van der Waals surface area (Å²) in [4.78, 5) is 34.0. The Bertz CT molecular complexity index is 1100. The summed E-state index contributed by atoms with van der Waals surface area (Å²) in [5.41, 5.74) is 2.63. The van der Waals surface area contributed by atoms with Crippen molar-refractivity contribution in [3.05, 3.63) is 54.0 Å². The van der Waals surface area contributed by atoms with Crippen LogP contribution in [0.2, 0.25) is 0 Å². The molecule has 1 aliphatic rings. The van der Waals surface area contributed by atoms with Crippen molar-refractivity contribution in [1.29, 1.82) is 0 Å². The molecule has 2 aromatic heterocycles. The Kier molecular flexibility index (Phi) is 7.06. The smallest absolute Gasteiger partial charge is 0.251 e. The van der Waals surface area contributed by atoms with E-state index in [1.165, 1.54) is 14.0 Å². The number of carbonyl (C=O) groups excluding carboxylic acids is 2. The van der Waals surface area contributed by atoms with Gasteiger partial charge in [0, 0.05) is 38.0 Å². The Morgan fingerprint density at radius 2 is 2.00 bits per heavy atom. The van der Waals surface area contributed by atoms with Gasteiger partial charge in [0.25, 0.3) is 5.91 Å². The molecule has 3 aromatic rings. The lowest BCUT2D eigenvalue weighted by Crippen LogP contribution is -2.23. The molecule has 2 amide bonds. The highest BCUT2D eigenvalue weighted by atomic mass is 16.5. The molecule has 1 atom stereocenters. The molecule has 10 heteroatoms. The molecule has 1 aliphatic heterocycles. The van der Waals surface area contributed by atoms with Crippen molar-refractivity contribution < 1.29 is 18.8 Å². The average Bonchev–Trinajstić information content (AvgIpc) is 3.45. The van der Waals surface area contributed by atoms with Crippen LogP contribution in [-0.2, 0) is 20.9 Å². The van der Waals surface area contributed by atoms with Gasteiger partial charge < -0.3 is 19.9 Å². The predicted molar refractivity (Wildman–Crippen MR) is 121 cm³/mol. The molecule has 1 aromatic carbocycles. The van der Waals surface area contributed by atoms with Crippen molar-refractivity contribution in [1.82, 2.24) is 20.0 Å². The van der Waals surface area contributed by atoms with E-state index in [4.69, 9.17) is 9.26 Å². The predicted octanol–water partition coefficient (Wildman–Crippen LogP) is 3.01. The summed E-state index contributed by atoms with van der Waals surface area (Å²) < 4.78 is 10.4. The summed E-state index contributed by atoms with van der Waals surface area (Å²) in [5.74, 6) is 1.10. The van der Waals surface area contributed by atoms with Crippen LogP contribution in [0.3, 0.4) is 0 Å². The maximum Gasteiger partial charge on any atom is 0.251 e. The van der Waals surface area contributed by atoms with E-state index in [0.717, 1.165) is 37.2 Å². The maximum absolute atomic E-state index is 11.6. The lowest BCUT2D eigenvalue weighted by Gasteiger charge is -2.21. The quantitative estimate of drug-likeness (QED) is 0.537. The molecule has 0 radical (unpaired) electrons. The number of pyridine rings is 1. The molecule has 0 spiro atoms. The van der Waals surface area contributed by atoms with Crippen molar-refractivity contribution in [3.8, 4) is 11.4 Å². The third-order valence-corrected chi connectivity index (χ3v) is 5.32. The largest absolute Gasteiger partial charge is 0.375 e. The zero-order valence-electron chi connectivity index (χ0n) is 18.6. The minimum atomic E-state index is -0.273. The van der Waals surface area contributed by atoms with Gasteiger partial charge in [0.05, 0.1) is 6.04 Å². The van der Waals surface area contributed by atoms with E-state index in [9.17, 15) is 9.59 Å². The molecule has 0 unspecified atom stereocenters. The maximum atomic E-state index is 11.6. The number of ether oxygens (including phenoxy) is 1. The molecule has 3 heterocycles. The van der Waals surface area contributed by atoms with Gasteiger partial charge in [-0.3, -0.25) is 14.5 Å². The molecule has 0 saturated carbocycles. The first-order chi connectivity index (χ1) is 16.0. The standard InChI is InChI=1S/C23H26N6O4/c1-15(30)25-18-8-5-16(6-9-18)13-29-11-3-4-19(29)23-27-22(28-33-23)17-7-10-20(24-12-17)26-21(31)14-32-2/h5-10,12,19H,3-4,11,13-14H2,1-2H3,(H,25,30)(H,24,26,31)/t19-/m0/s1. The van der Waals surface area contributed by atoms with Gasteiger partial charge in [0.15, 0.2) is 0 Å². The fraction of sp³-hybridized carbons (Fsp3) is 0.348. The molecule has 10 nitrogen and oxygen atoms in total. The second-order valence-electron chi connectivity index (χ2n) is 7.88. The van der Waals surface area contributed by atoms with Gasteiger partial charge >= 0.3 is 0 Å². The second-order valence-corrected chi connectivity index (χ2v) is 7.88. The number of amides is 2. The number of benzene rings is 1. The van der Waals surface area contributed by atoms with Crippen LogP contribution in [0.5, 0.6) is 0 Å². The highest BCUT2D eigenvalue weighted by Crippen LogP contribution is 2.33. The lowest BCUT2D eigenvalue weighted by atomic mass is 10.1. The number of rotatable bonds is 8. The number of nitrogens with one attached hydrogen (secondary N) is 2. The lowest BCUT2D eigenvalue weighted by molar-refractivity contribution is -0.119. The van der Waals surface area contributed by atoms with Crippen molar-refractivity contribution >= 4 is 23.3 Å². The van der Waals surface area contributed by atoms with E-state index in [-0.39, 0.29) is 24.5 Å². The van der Waals surface area contributed by atoms with Gasteiger partial charge in [0.1, 0.15) is 12.4 Å². The van der Waals surface area contributed by atoms with Crippen LogP contribution in [0.25, 0.3) is 11.4 Å². The van der Waals surface area contributed by atoms with E-state index in [1.54, 1.807) is 18.3 Å². The normalized spacial score (nSPS) is 16.0. The summed E-state index contributed by atoms with van der Waals surface area (Å²) >= 11 is 0. The van der Waals surface area contributed by atoms with Crippen molar-refractivity contribution in [3.63, 3.8) is 0 Å². The molecule has 33 heavy (non-hydrogen) atoms. The molecular formula is C23H26N6O4. The number of hydrogen-bond acceptors (Lipinski definition) is 8. The van der Waals surface area contributed by atoms with Crippen LogP contribution in [0, 0.1) is 0 Å². The molecule has 0 bridgehead atoms. The monoisotopic (exact) mass is 450 g/mol. The van der Waals surface area contributed by atoms with Crippen molar-refractivity contribution in [2.75, 3.05) is 30.9 Å². The third-order valence-electron chi connectivity index (χ3n) is 5.32. The number of nitrogens with zero attached hydrogens (tertiary/aromatic N) is 4. The summed E-state index contributed by atoms with van der Waals surface area (Å²) in [6.45, 7) is 3.15. The van der Waals surface area contributed by atoms with E-state index in [2.05, 4.69) is 30.7 Å². The van der Waals surface area contributed by atoms with Crippen LogP contribution in [0.4, 0.5) is 11.5 Å². The van der Waals surface area contributed by atoms with Crippen LogP contribution in [0.1, 0.15) is 37.3 Å². The molecule has 1 saturated heterocycles. The van der Waals surface area contributed by atoms with Crippen LogP contribution in [-0.4, -0.2) is 52.1 Å². The Morgan fingerprint density at radius 1 is 1.18 bits per heavy atom.